The number of fused-ring (bicyclic) bond motifs is 1. The minimum absolute atomic E-state index is 0.240. The predicted molar refractivity (Wildman–Crippen MR) is 98.6 cm³/mol. The third-order valence-corrected chi connectivity index (χ3v) is 5.56. The molecule has 6 heteroatoms. The van der Waals surface area contributed by atoms with Crippen molar-refractivity contribution >= 4 is 52.4 Å². The van der Waals surface area contributed by atoms with Gasteiger partial charge in [0.25, 0.3) is 0 Å². The van der Waals surface area contributed by atoms with Crippen LogP contribution < -0.4 is 0 Å². The Labute approximate surface area is 160 Å². The summed E-state index contributed by atoms with van der Waals surface area (Å²) < 4.78 is 3.76. The zero-order chi connectivity index (χ0) is 17.5. The molecule has 0 saturated carbocycles. The van der Waals surface area contributed by atoms with Crippen molar-refractivity contribution in [2.24, 2.45) is 0 Å². The fourth-order valence-corrected chi connectivity index (χ4v) is 4.37. The number of benzene rings is 2. The van der Waals surface area contributed by atoms with Gasteiger partial charge in [0.15, 0.2) is 0 Å². The first-order chi connectivity index (χ1) is 11.3. The lowest BCUT2D eigenvalue weighted by atomic mass is 9.73. The molecule has 3 rings (SSSR count). The highest BCUT2D eigenvalue weighted by atomic mass is 35.5. The van der Waals surface area contributed by atoms with E-state index in [1.54, 1.807) is 24.3 Å². The minimum atomic E-state index is -1.16. The zero-order valence-corrected chi connectivity index (χ0v) is 15.8. The Balaban J connectivity index is 2.19. The summed E-state index contributed by atoms with van der Waals surface area (Å²) in [5.74, 6) is -1.23. The van der Waals surface area contributed by atoms with E-state index in [0.29, 0.717) is 10.0 Å². The normalized spacial score (nSPS) is 21.9. The molecular weight excluding hydrogens is 390 g/mol. The Morgan fingerprint density at radius 3 is 2.29 bits per heavy atom. The van der Waals surface area contributed by atoms with Crippen molar-refractivity contribution in [3.63, 3.8) is 0 Å². The number of rotatable bonds is 2. The van der Waals surface area contributed by atoms with Gasteiger partial charge >= 0.3 is 5.97 Å². The molecule has 2 unspecified atom stereocenters. The lowest BCUT2D eigenvalue weighted by Gasteiger charge is -2.39. The number of esters is 1. The number of alkyl halides is 2. The second-order valence-electron chi connectivity index (χ2n) is 5.80. The minimum Gasteiger partial charge on any atom is -0.469 e. The van der Waals surface area contributed by atoms with Crippen LogP contribution in [0.25, 0.3) is 0 Å². The quantitative estimate of drug-likeness (QED) is 0.456. The number of methoxy groups -OCH3 is 1. The molecular formula is C18H14Cl4O2. The lowest BCUT2D eigenvalue weighted by Crippen LogP contribution is -2.36. The molecule has 0 N–H and O–H groups in total. The topological polar surface area (TPSA) is 26.3 Å². The summed E-state index contributed by atoms with van der Waals surface area (Å²) in [7, 11) is 1.35. The lowest BCUT2D eigenvalue weighted by molar-refractivity contribution is -0.142. The fraction of sp³-hybridized carbons (Fsp3) is 0.278. The highest BCUT2D eigenvalue weighted by molar-refractivity contribution is 6.49. The van der Waals surface area contributed by atoms with Crippen molar-refractivity contribution in [1.82, 2.24) is 0 Å². The SMILES string of the molecule is COC(=O)C1CC(Cl)(Cl)C(c2ccc(Cl)cc2)c2ccc(Cl)cc21. The summed E-state index contributed by atoms with van der Waals surface area (Å²) in [6.45, 7) is 0. The first-order valence-electron chi connectivity index (χ1n) is 7.34. The number of halogens is 4. The molecule has 2 aromatic carbocycles. The van der Waals surface area contributed by atoms with Crippen molar-refractivity contribution in [3.8, 4) is 0 Å². The average Bonchev–Trinajstić information content (AvgIpc) is 2.54. The monoisotopic (exact) mass is 402 g/mol. The standard InChI is InChI=1S/C18H14Cl4O2/c1-24-17(23)15-9-18(21,22)16(10-2-4-11(19)5-3-10)13-7-6-12(20)8-14(13)15/h2-8,15-16H,9H2,1H3. The zero-order valence-electron chi connectivity index (χ0n) is 12.7. The van der Waals surface area contributed by atoms with Crippen LogP contribution in [0.4, 0.5) is 0 Å². The molecule has 0 amide bonds. The first-order valence-corrected chi connectivity index (χ1v) is 8.85. The molecule has 2 nitrogen and oxygen atoms in total. The first kappa shape index (κ1) is 17.9. The molecule has 0 saturated heterocycles. The Morgan fingerprint density at radius 2 is 1.67 bits per heavy atom. The molecule has 0 heterocycles. The van der Waals surface area contributed by atoms with Gasteiger partial charge in [-0.3, -0.25) is 4.79 Å². The molecule has 0 aromatic heterocycles. The van der Waals surface area contributed by atoms with Gasteiger partial charge in [0, 0.05) is 16.0 Å². The Kier molecular flexibility index (Phi) is 5.04. The van der Waals surface area contributed by atoms with Gasteiger partial charge in [-0.1, -0.05) is 41.4 Å². The van der Waals surface area contributed by atoms with Crippen molar-refractivity contribution in [2.75, 3.05) is 7.11 Å². The predicted octanol–water partition coefficient (Wildman–Crippen LogP) is 5.96. The summed E-state index contributed by atoms with van der Waals surface area (Å²) >= 11 is 25.5. The van der Waals surface area contributed by atoms with E-state index in [0.717, 1.165) is 16.7 Å². The summed E-state index contributed by atoms with van der Waals surface area (Å²) in [5, 5.41) is 1.18. The maximum absolute atomic E-state index is 12.2. The van der Waals surface area contributed by atoms with Gasteiger partial charge in [0.05, 0.1) is 13.0 Å². The Hall–Kier alpha value is -0.930. The van der Waals surface area contributed by atoms with Gasteiger partial charge in [-0.25, -0.2) is 0 Å². The average molecular weight is 404 g/mol. The second kappa shape index (κ2) is 6.76. The van der Waals surface area contributed by atoms with Crippen molar-refractivity contribution < 1.29 is 9.53 Å². The summed E-state index contributed by atoms with van der Waals surface area (Å²) in [5.41, 5.74) is 2.59. The molecule has 1 aliphatic carbocycles. The smallest absolute Gasteiger partial charge is 0.313 e. The molecule has 0 fully saturated rings. The van der Waals surface area contributed by atoms with Gasteiger partial charge < -0.3 is 4.74 Å². The van der Waals surface area contributed by atoms with Crippen LogP contribution in [-0.2, 0) is 9.53 Å². The van der Waals surface area contributed by atoms with Gasteiger partial charge in [-0.2, -0.15) is 0 Å². The molecule has 0 aliphatic heterocycles. The summed E-state index contributed by atoms with van der Waals surface area (Å²) in [4.78, 5) is 12.2. The highest BCUT2D eigenvalue weighted by Gasteiger charge is 2.47. The molecule has 0 bridgehead atoms. The van der Waals surface area contributed by atoms with E-state index in [1.807, 2.05) is 18.2 Å². The molecule has 2 aromatic rings. The molecule has 0 spiro atoms. The van der Waals surface area contributed by atoms with E-state index in [4.69, 9.17) is 51.1 Å². The van der Waals surface area contributed by atoms with Crippen LogP contribution in [-0.4, -0.2) is 17.4 Å². The number of hydrogen-bond acceptors (Lipinski definition) is 2. The van der Waals surface area contributed by atoms with Crippen molar-refractivity contribution in [2.45, 2.75) is 22.6 Å². The van der Waals surface area contributed by atoms with Crippen LogP contribution in [0.3, 0.4) is 0 Å². The van der Waals surface area contributed by atoms with Crippen molar-refractivity contribution in [1.29, 1.82) is 0 Å². The van der Waals surface area contributed by atoms with Crippen LogP contribution in [0.15, 0.2) is 42.5 Å². The van der Waals surface area contributed by atoms with Crippen molar-refractivity contribution in [3.05, 3.63) is 69.2 Å². The van der Waals surface area contributed by atoms with E-state index in [-0.39, 0.29) is 18.3 Å². The molecule has 0 radical (unpaired) electrons. The number of hydrogen-bond donors (Lipinski definition) is 0. The van der Waals surface area contributed by atoms with Crippen LogP contribution in [0, 0.1) is 0 Å². The van der Waals surface area contributed by atoms with Gasteiger partial charge in [-0.15, -0.1) is 23.2 Å². The highest BCUT2D eigenvalue weighted by Crippen LogP contribution is 2.54. The fourth-order valence-electron chi connectivity index (χ4n) is 3.27. The van der Waals surface area contributed by atoms with E-state index in [2.05, 4.69) is 0 Å². The maximum Gasteiger partial charge on any atom is 0.313 e. The Bertz CT molecular complexity index is 771. The molecule has 2 atom stereocenters. The van der Waals surface area contributed by atoms with Crippen LogP contribution in [0.5, 0.6) is 0 Å². The number of carbonyl (C=O) groups is 1. The third kappa shape index (κ3) is 3.25. The molecule has 126 valence electrons. The molecule has 24 heavy (non-hydrogen) atoms. The van der Waals surface area contributed by atoms with E-state index < -0.39 is 10.3 Å². The maximum atomic E-state index is 12.2. The van der Waals surface area contributed by atoms with Crippen LogP contribution in [0.1, 0.15) is 34.9 Å². The van der Waals surface area contributed by atoms with Gasteiger partial charge in [0.2, 0.25) is 0 Å². The third-order valence-electron chi connectivity index (χ3n) is 4.32. The van der Waals surface area contributed by atoms with Crippen LogP contribution in [0.2, 0.25) is 10.0 Å². The van der Waals surface area contributed by atoms with E-state index >= 15 is 0 Å². The van der Waals surface area contributed by atoms with E-state index in [1.165, 1.54) is 7.11 Å². The number of carbonyl (C=O) groups excluding carboxylic acids is 1. The van der Waals surface area contributed by atoms with E-state index in [9.17, 15) is 4.79 Å². The summed E-state index contributed by atoms with van der Waals surface area (Å²) in [6.07, 6.45) is 0.240. The second-order valence-corrected chi connectivity index (χ2v) is 8.21. The van der Waals surface area contributed by atoms with Gasteiger partial charge in [0.1, 0.15) is 4.33 Å². The largest absolute Gasteiger partial charge is 0.469 e. The van der Waals surface area contributed by atoms with Crippen LogP contribution >= 0.6 is 46.4 Å². The summed E-state index contributed by atoms with van der Waals surface area (Å²) in [6, 6.07) is 12.8. The number of ether oxygens (including phenoxy) is 1. The Morgan fingerprint density at radius 1 is 1.04 bits per heavy atom. The molecule has 1 aliphatic rings. The van der Waals surface area contributed by atoms with Gasteiger partial charge in [-0.05, 0) is 47.4 Å².